The second-order valence-electron chi connectivity index (χ2n) is 9.30. The number of carbonyl (C=O) groups excluding carboxylic acids is 2. The highest BCUT2D eigenvalue weighted by Crippen LogP contribution is 2.40. The van der Waals surface area contributed by atoms with Gasteiger partial charge in [0.05, 0.1) is 24.8 Å². The van der Waals surface area contributed by atoms with E-state index < -0.39 is 23.5 Å². The Labute approximate surface area is 220 Å². The Hall–Kier alpha value is -4.01. The summed E-state index contributed by atoms with van der Waals surface area (Å²) in [5.41, 5.74) is 1.88. The lowest BCUT2D eigenvalue weighted by atomic mass is 9.95. The summed E-state index contributed by atoms with van der Waals surface area (Å²) in [6.45, 7) is 3.94. The van der Waals surface area contributed by atoms with Crippen molar-refractivity contribution >= 4 is 17.4 Å². The zero-order valence-corrected chi connectivity index (χ0v) is 20.9. The van der Waals surface area contributed by atoms with E-state index in [4.69, 9.17) is 9.47 Å². The summed E-state index contributed by atoms with van der Waals surface area (Å²) in [5, 5.41) is 11.2. The smallest absolute Gasteiger partial charge is 0.295 e. The maximum Gasteiger partial charge on any atom is 0.295 e. The van der Waals surface area contributed by atoms with Crippen LogP contribution in [0.1, 0.15) is 22.7 Å². The fraction of sp³-hybridized carbons (Fsp3) is 0.267. The highest BCUT2D eigenvalue weighted by Gasteiger charge is 2.46. The minimum absolute atomic E-state index is 0.0243. The Balaban J connectivity index is 1.49. The van der Waals surface area contributed by atoms with E-state index in [-0.39, 0.29) is 16.9 Å². The summed E-state index contributed by atoms with van der Waals surface area (Å²) < 4.78 is 24.9. The molecular weight excluding hydrogens is 487 g/mol. The van der Waals surface area contributed by atoms with Crippen molar-refractivity contribution in [3.05, 3.63) is 107 Å². The summed E-state index contributed by atoms with van der Waals surface area (Å²) in [6.07, 6.45) is 0. The Morgan fingerprint density at radius 1 is 0.947 bits per heavy atom. The predicted octanol–water partition coefficient (Wildman–Crippen LogP) is 4.16. The number of hydrogen-bond acceptors (Lipinski definition) is 6. The Morgan fingerprint density at radius 3 is 2.42 bits per heavy atom. The predicted molar refractivity (Wildman–Crippen MR) is 140 cm³/mol. The van der Waals surface area contributed by atoms with Crippen molar-refractivity contribution in [1.29, 1.82) is 0 Å². The number of Topliss-reactive ketones (excluding diaryl/α,β-unsaturated/α-hetero) is 1. The molecule has 1 N–H and O–H groups in total. The average molecular weight is 517 g/mol. The fourth-order valence-electron chi connectivity index (χ4n) is 4.81. The molecule has 0 bridgehead atoms. The average Bonchev–Trinajstić information content (AvgIpc) is 3.21. The van der Waals surface area contributed by atoms with E-state index in [0.717, 1.165) is 18.7 Å². The van der Waals surface area contributed by atoms with E-state index in [1.165, 1.54) is 29.2 Å². The van der Waals surface area contributed by atoms with Gasteiger partial charge in [-0.3, -0.25) is 14.5 Å². The van der Waals surface area contributed by atoms with Gasteiger partial charge in [-0.2, -0.15) is 0 Å². The lowest BCUT2D eigenvalue weighted by Crippen LogP contribution is -2.42. The van der Waals surface area contributed by atoms with Gasteiger partial charge in [0.25, 0.3) is 11.7 Å². The van der Waals surface area contributed by atoms with E-state index in [2.05, 4.69) is 4.90 Å². The molecule has 0 aromatic heterocycles. The molecule has 2 saturated heterocycles. The van der Waals surface area contributed by atoms with Gasteiger partial charge in [0.15, 0.2) is 0 Å². The molecule has 5 rings (SSSR count). The van der Waals surface area contributed by atoms with E-state index in [0.29, 0.717) is 44.2 Å². The van der Waals surface area contributed by atoms with Gasteiger partial charge < -0.3 is 19.5 Å². The van der Waals surface area contributed by atoms with Crippen LogP contribution in [0.2, 0.25) is 0 Å². The molecule has 1 amide bonds. The number of morpholine rings is 1. The van der Waals surface area contributed by atoms with Gasteiger partial charge in [0.2, 0.25) is 0 Å². The van der Waals surface area contributed by atoms with Gasteiger partial charge in [0, 0.05) is 31.7 Å². The molecule has 0 radical (unpaired) electrons. The molecule has 3 aromatic carbocycles. The van der Waals surface area contributed by atoms with Crippen LogP contribution < -0.4 is 4.74 Å². The van der Waals surface area contributed by atoms with Crippen molar-refractivity contribution in [2.24, 2.45) is 0 Å². The molecule has 0 spiro atoms. The summed E-state index contributed by atoms with van der Waals surface area (Å²) in [4.78, 5) is 30.2. The van der Waals surface area contributed by atoms with Crippen LogP contribution in [0.5, 0.6) is 5.75 Å². The van der Waals surface area contributed by atoms with E-state index in [9.17, 15) is 19.1 Å². The number of nitrogens with zero attached hydrogens (tertiary/aromatic N) is 2. The van der Waals surface area contributed by atoms with Gasteiger partial charge in [-0.25, -0.2) is 4.39 Å². The Kier molecular flexibility index (Phi) is 7.81. The van der Waals surface area contributed by atoms with Crippen molar-refractivity contribution in [3.63, 3.8) is 0 Å². The molecule has 2 heterocycles. The first-order valence-electron chi connectivity index (χ1n) is 12.6. The standard InChI is InChI=1S/C30H29FN2O5/c31-24-11-9-22(10-12-24)28(34)26-27(33(30(36)29(26)35)14-13-32-15-17-37-18-16-32)23-7-4-8-25(19-23)38-20-21-5-2-1-3-6-21/h1-12,19,27,34H,13-18,20H2/b28-26+. The molecule has 8 heteroatoms. The van der Waals surface area contributed by atoms with Gasteiger partial charge >= 0.3 is 0 Å². The van der Waals surface area contributed by atoms with Crippen molar-refractivity contribution in [3.8, 4) is 5.75 Å². The van der Waals surface area contributed by atoms with Crippen molar-refractivity contribution in [2.45, 2.75) is 12.6 Å². The molecule has 2 aliphatic heterocycles. The number of amides is 1. The normalized spacial score (nSPS) is 19.6. The Morgan fingerprint density at radius 2 is 1.68 bits per heavy atom. The quantitative estimate of drug-likeness (QED) is 0.275. The number of aliphatic hydroxyl groups is 1. The van der Waals surface area contributed by atoms with Gasteiger partial charge in [-0.05, 0) is 47.5 Å². The summed E-state index contributed by atoms with van der Waals surface area (Å²) in [7, 11) is 0. The van der Waals surface area contributed by atoms with Crippen LogP contribution in [-0.2, 0) is 20.9 Å². The van der Waals surface area contributed by atoms with Crippen molar-refractivity contribution < 1.29 is 28.6 Å². The molecule has 1 atom stereocenters. The van der Waals surface area contributed by atoms with Crippen LogP contribution in [0.4, 0.5) is 4.39 Å². The number of benzene rings is 3. The minimum Gasteiger partial charge on any atom is -0.507 e. The first-order valence-corrected chi connectivity index (χ1v) is 12.6. The largest absolute Gasteiger partial charge is 0.507 e. The maximum atomic E-state index is 13.5. The van der Waals surface area contributed by atoms with Crippen molar-refractivity contribution in [2.75, 3.05) is 39.4 Å². The number of hydrogen-bond donors (Lipinski definition) is 1. The lowest BCUT2D eigenvalue weighted by molar-refractivity contribution is -0.140. The molecule has 38 heavy (non-hydrogen) atoms. The second kappa shape index (κ2) is 11.6. The number of ether oxygens (including phenoxy) is 2. The monoisotopic (exact) mass is 516 g/mol. The number of ketones is 1. The lowest BCUT2D eigenvalue weighted by Gasteiger charge is -2.31. The summed E-state index contributed by atoms with van der Waals surface area (Å²) >= 11 is 0. The number of aliphatic hydroxyl groups excluding tert-OH is 1. The van der Waals surface area contributed by atoms with Gasteiger partial charge in [0.1, 0.15) is 23.9 Å². The highest BCUT2D eigenvalue weighted by atomic mass is 19.1. The molecule has 0 saturated carbocycles. The van der Waals surface area contributed by atoms with E-state index in [1.807, 2.05) is 42.5 Å². The van der Waals surface area contributed by atoms with Gasteiger partial charge in [-0.15, -0.1) is 0 Å². The third-order valence-electron chi connectivity index (χ3n) is 6.84. The second-order valence-corrected chi connectivity index (χ2v) is 9.30. The van der Waals surface area contributed by atoms with Crippen LogP contribution in [-0.4, -0.2) is 66.0 Å². The zero-order valence-electron chi connectivity index (χ0n) is 20.9. The van der Waals surface area contributed by atoms with E-state index in [1.54, 1.807) is 12.1 Å². The molecule has 2 aliphatic rings. The molecule has 0 aliphatic carbocycles. The molecule has 2 fully saturated rings. The fourth-order valence-corrected chi connectivity index (χ4v) is 4.81. The molecule has 3 aromatic rings. The maximum absolute atomic E-state index is 13.5. The van der Waals surface area contributed by atoms with Crippen LogP contribution in [0.15, 0.2) is 84.4 Å². The third-order valence-corrected chi connectivity index (χ3v) is 6.84. The van der Waals surface area contributed by atoms with Crippen molar-refractivity contribution in [1.82, 2.24) is 9.80 Å². The molecular formula is C30H29FN2O5. The minimum atomic E-state index is -0.818. The Bertz CT molecular complexity index is 1320. The zero-order chi connectivity index (χ0) is 26.5. The third kappa shape index (κ3) is 5.61. The highest BCUT2D eigenvalue weighted by molar-refractivity contribution is 6.46. The number of likely N-dealkylation sites (tertiary alicyclic amines) is 1. The number of carbonyl (C=O) groups is 2. The van der Waals surface area contributed by atoms with Crippen LogP contribution in [0.3, 0.4) is 0 Å². The summed E-state index contributed by atoms with van der Waals surface area (Å²) in [6, 6.07) is 21.3. The topological polar surface area (TPSA) is 79.3 Å². The molecule has 7 nitrogen and oxygen atoms in total. The first-order chi connectivity index (χ1) is 18.5. The van der Waals surface area contributed by atoms with Crippen LogP contribution in [0.25, 0.3) is 5.76 Å². The molecule has 1 unspecified atom stereocenters. The number of rotatable bonds is 8. The number of halogens is 1. The first kappa shape index (κ1) is 25.6. The van der Waals surface area contributed by atoms with Crippen LogP contribution in [0, 0.1) is 5.82 Å². The molecule has 196 valence electrons. The van der Waals surface area contributed by atoms with Crippen LogP contribution >= 0.6 is 0 Å². The van der Waals surface area contributed by atoms with E-state index >= 15 is 0 Å². The van der Waals surface area contributed by atoms with Gasteiger partial charge in [-0.1, -0.05) is 42.5 Å². The SMILES string of the molecule is O=C1C(=O)N(CCN2CCOCC2)C(c2cccc(OCc3ccccc3)c2)/C1=C(\O)c1ccc(F)cc1. The summed E-state index contributed by atoms with van der Waals surface area (Å²) in [5.74, 6) is -1.67.